The molecule has 2 N–H and O–H groups in total. The van der Waals surface area contributed by atoms with E-state index >= 15 is 0 Å². The summed E-state index contributed by atoms with van der Waals surface area (Å²) < 4.78 is 18.5. The Morgan fingerprint density at radius 3 is 2.50 bits per heavy atom. The van der Waals surface area contributed by atoms with Gasteiger partial charge in [-0.25, -0.2) is 0 Å². The Hall–Kier alpha value is -2.05. The number of fused-ring (bicyclic) bond motifs is 2. The molecule has 5 rings (SSSR count). The topological polar surface area (TPSA) is 89.1 Å². The van der Waals surface area contributed by atoms with Crippen molar-refractivity contribution in [1.82, 2.24) is 0 Å². The molecule has 1 aliphatic heterocycles. The first-order chi connectivity index (χ1) is 14.2. The van der Waals surface area contributed by atoms with Crippen LogP contribution >= 0.6 is 0 Å². The minimum atomic E-state index is -1.09. The highest BCUT2D eigenvalue weighted by atomic mass is 16.5. The zero-order chi connectivity index (χ0) is 21.1. The second kappa shape index (κ2) is 6.99. The lowest BCUT2D eigenvalue weighted by atomic mass is 9.95. The molecule has 0 spiro atoms. The summed E-state index contributed by atoms with van der Waals surface area (Å²) in [7, 11) is 0. The summed E-state index contributed by atoms with van der Waals surface area (Å²) >= 11 is 0. The highest BCUT2D eigenvalue weighted by Gasteiger charge is 2.40. The molecule has 1 aromatic heterocycles. The average molecular weight is 414 g/mol. The summed E-state index contributed by atoms with van der Waals surface area (Å²) in [5, 5.41) is 21.9. The van der Waals surface area contributed by atoms with Crippen LogP contribution in [0.1, 0.15) is 76.5 Å². The van der Waals surface area contributed by atoms with Crippen molar-refractivity contribution in [3.05, 3.63) is 33.7 Å². The lowest BCUT2D eigenvalue weighted by Crippen LogP contribution is -2.39. The Morgan fingerprint density at radius 1 is 1.13 bits per heavy atom. The number of hydrogen-bond acceptors (Lipinski definition) is 6. The highest BCUT2D eigenvalue weighted by molar-refractivity contribution is 5.88. The third kappa shape index (κ3) is 3.30. The number of hydrogen-bond donors (Lipinski definition) is 2. The summed E-state index contributed by atoms with van der Waals surface area (Å²) in [5.74, 6) is 1.43. The molecule has 0 unspecified atom stereocenters. The maximum absolute atomic E-state index is 13.2. The third-order valence-corrected chi connectivity index (χ3v) is 6.96. The van der Waals surface area contributed by atoms with Crippen LogP contribution in [0.2, 0.25) is 0 Å². The van der Waals surface area contributed by atoms with E-state index in [1.165, 1.54) is 6.07 Å². The van der Waals surface area contributed by atoms with E-state index in [2.05, 4.69) is 0 Å². The van der Waals surface area contributed by atoms with Gasteiger partial charge in [0.05, 0.1) is 11.7 Å². The predicted octanol–water partition coefficient (Wildman–Crippen LogP) is 3.95. The van der Waals surface area contributed by atoms with E-state index in [0.717, 1.165) is 44.1 Å². The molecular formula is C24H30O6. The molecule has 3 aliphatic rings. The number of aliphatic hydroxyl groups is 2. The van der Waals surface area contributed by atoms with Crippen LogP contribution in [0.4, 0.5) is 0 Å². The van der Waals surface area contributed by atoms with E-state index < -0.39 is 17.3 Å². The van der Waals surface area contributed by atoms with Crippen LogP contribution in [-0.2, 0) is 12.0 Å². The molecule has 0 bridgehead atoms. The molecule has 2 aromatic rings. The van der Waals surface area contributed by atoms with E-state index in [1.807, 2.05) is 0 Å². The lowest BCUT2D eigenvalue weighted by molar-refractivity contribution is -0.0229. The van der Waals surface area contributed by atoms with Crippen LogP contribution in [0.3, 0.4) is 0 Å². The minimum absolute atomic E-state index is 0.0685. The maximum atomic E-state index is 13.2. The van der Waals surface area contributed by atoms with Crippen LogP contribution in [-0.4, -0.2) is 28.0 Å². The molecule has 162 valence electrons. The van der Waals surface area contributed by atoms with Gasteiger partial charge in [-0.1, -0.05) is 0 Å². The first-order valence-corrected chi connectivity index (χ1v) is 11.2. The van der Waals surface area contributed by atoms with Gasteiger partial charge in [0.2, 0.25) is 0 Å². The molecule has 2 saturated carbocycles. The van der Waals surface area contributed by atoms with Gasteiger partial charge < -0.3 is 24.1 Å². The van der Waals surface area contributed by atoms with Gasteiger partial charge in [-0.15, -0.1) is 0 Å². The van der Waals surface area contributed by atoms with E-state index in [1.54, 1.807) is 19.9 Å². The van der Waals surface area contributed by atoms with E-state index in [-0.39, 0.29) is 11.5 Å². The quantitative estimate of drug-likeness (QED) is 0.787. The molecule has 1 aromatic carbocycles. The van der Waals surface area contributed by atoms with Crippen molar-refractivity contribution in [3.8, 4) is 11.5 Å². The van der Waals surface area contributed by atoms with Gasteiger partial charge in [-0.2, -0.15) is 0 Å². The molecule has 6 heteroatoms. The summed E-state index contributed by atoms with van der Waals surface area (Å²) in [6.45, 7) is 3.44. The SMILES string of the molecule is CC(C)(O)[C@@H]1Cc2c(cc3oc(C4(O)CCCC4)cc(=O)c3c2OC2CCCC2)O1. The van der Waals surface area contributed by atoms with Gasteiger partial charge in [0.25, 0.3) is 0 Å². The second-order valence-electron chi connectivity index (χ2n) is 9.76. The zero-order valence-corrected chi connectivity index (χ0v) is 17.7. The highest BCUT2D eigenvalue weighted by Crippen LogP contribution is 2.45. The maximum Gasteiger partial charge on any atom is 0.196 e. The van der Waals surface area contributed by atoms with Gasteiger partial charge in [0, 0.05) is 24.1 Å². The minimum Gasteiger partial charge on any atom is -0.489 e. The van der Waals surface area contributed by atoms with Crippen LogP contribution in [0, 0.1) is 0 Å². The van der Waals surface area contributed by atoms with E-state index in [0.29, 0.717) is 47.5 Å². The van der Waals surface area contributed by atoms with Crippen molar-refractivity contribution < 1.29 is 24.1 Å². The van der Waals surface area contributed by atoms with Gasteiger partial charge >= 0.3 is 0 Å². The fourth-order valence-corrected chi connectivity index (χ4v) is 5.12. The summed E-state index contributed by atoms with van der Waals surface area (Å²) in [6.07, 6.45) is 7.28. The average Bonchev–Trinajstić information content (AvgIpc) is 3.41. The van der Waals surface area contributed by atoms with Gasteiger partial charge in [0.15, 0.2) is 5.43 Å². The predicted molar refractivity (Wildman–Crippen MR) is 112 cm³/mol. The van der Waals surface area contributed by atoms with Crippen molar-refractivity contribution >= 4 is 11.0 Å². The Kier molecular flexibility index (Phi) is 4.63. The number of ether oxygens (including phenoxy) is 2. The Bertz CT molecular complexity index is 1020. The molecule has 6 nitrogen and oxygen atoms in total. The molecule has 2 aliphatic carbocycles. The first kappa shape index (κ1) is 19.9. The Morgan fingerprint density at radius 2 is 1.83 bits per heavy atom. The standard InChI is InChI=1S/C24H30O6/c1-23(2,26)19-11-15-17(29-19)13-18-21(22(15)28-14-7-3-4-8-14)16(25)12-20(30-18)24(27)9-5-6-10-24/h12-14,19,26-27H,3-11H2,1-2H3/t19-/m0/s1. The molecule has 0 radical (unpaired) electrons. The van der Waals surface area contributed by atoms with Gasteiger partial charge in [0.1, 0.15) is 39.9 Å². The van der Waals surface area contributed by atoms with Crippen LogP contribution < -0.4 is 14.9 Å². The van der Waals surface area contributed by atoms with Crippen LogP contribution in [0.15, 0.2) is 21.3 Å². The molecule has 30 heavy (non-hydrogen) atoms. The summed E-state index contributed by atoms with van der Waals surface area (Å²) in [4.78, 5) is 13.2. The number of rotatable bonds is 4. The van der Waals surface area contributed by atoms with Crippen molar-refractivity contribution in [3.63, 3.8) is 0 Å². The molecule has 1 atom stereocenters. The smallest absolute Gasteiger partial charge is 0.196 e. The first-order valence-electron chi connectivity index (χ1n) is 11.2. The molecular weight excluding hydrogens is 384 g/mol. The Balaban J connectivity index is 1.67. The van der Waals surface area contributed by atoms with Gasteiger partial charge in [-0.05, 0) is 65.2 Å². The third-order valence-electron chi connectivity index (χ3n) is 6.96. The van der Waals surface area contributed by atoms with Crippen molar-refractivity contribution in [2.24, 2.45) is 0 Å². The van der Waals surface area contributed by atoms with Crippen LogP contribution in [0.5, 0.6) is 11.5 Å². The largest absolute Gasteiger partial charge is 0.489 e. The van der Waals surface area contributed by atoms with E-state index in [9.17, 15) is 15.0 Å². The van der Waals surface area contributed by atoms with Crippen molar-refractivity contribution in [1.29, 1.82) is 0 Å². The molecule has 2 fully saturated rings. The summed E-state index contributed by atoms with van der Waals surface area (Å²) in [6, 6.07) is 3.16. The number of benzene rings is 1. The molecule has 2 heterocycles. The summed E-state index contributed by atoms with van der Waals surface area (Å²) in [5.41, 5.74) is -1.12. The molecule has 0 saturated heterocycles. The van der Waals surface area contributed by atoms with Crippen molar-refractivity contribution in [2.45, 2.75) is 95.0 Å². The van der Waals surface area contributed by atoms with Crippen LogP contribution in [0.25, 0.3) is 11.0 Å². The second-order valence-corrected chi connectivity index (χ2v) is 9.76. The van der Waals surface area contributed by atoms with Crippen molar-refractivity contribution in [2.75, 3.05) is 0 Å². The fraction of sp³-hybridized carbons (Fsp3) is 0.625. The van der Waals surface area contributed by atoms with Gasteiger partial charge in [-0.3, -0.25) is 4.79 Å². The fourth-order valence-electron chi connectivity index (χ4n) is 5.12. The lowest BCUT2D eigenvalue weighted by Gasteiger charge is -2.24. The zero-order valence-electron chi connectivity index (χ0n) is 17.7. The Labute approximate surface area is 175 Å². The van der Waals surface area contributed by atoms with E-state index in [4.69, 9.17) is 13.9 Å². The monoisotopic (exact) mass is 414 g/mol. The molecule has 0 amide bonds. The normalized spacial score (nSPS) is 23.7.